The Morgan fingerprint density at radius 2 is 1.88 bits per heavy atom. The van der Waals surface area contributed by atoms with Crippen LogP contribution in [0.25, 0.3) is 11.0 Å². The van der Waals surface area contributed by atoms with Crippen LogP contribution in [0.15, 0.2) is 53.9 Å². The summed E-state index contributed by atoms with van der Waals surface area (Å²) >= 11 is 0. The molecule has 6 nitrogen and oxygen atoms in total. The highest BCUT2D eigenvalue weighted by molar-refractivity contribution is 7.90. The van der Waals surface area contributed by atoms with Gasteiger partial charge in [0.2, 0.25) is 0 Å². The molecule has 3 aromatic rings. The van der Waals surface area contributed by atoms with Crippen LogP contribution in [-0.4, -0.2) is 47.4 Å². The third-order valence-corrected chi connectivity index (χ3v) is 6.56. The Morgan fingerprint density at radius 1 is 1.12 bits per heavy atom. The molecule has 130 valence electrons. The summed E-state index contributed by atoms with van der Waals surface area (Å²) in [5.74, 6) is 0.332. The second kappa shape index (κ2) is 6.24. The van der Waals surface area contributed by atoms with Crippen LogP contribution < -0.4 is 0 Å². The highest BCUT2D eigenvalue weighted by Crippen LogP contribution is 2.34. The lowest BCUT2D eigenvalue weighted by molar-refractivity contribution is 0.256. The molecule has 25 heavy (non-hydrogen) atoms. The highest BCUT2D eigenvalue weighted by atomic mass is 32.2. The van der Waals surface area contributed by atoms with Crippen molar-refractivity contribution in [3.63, 3.8) is 0 Å². The molecule has 1 aliphatic heterocycles. The van der Waals surface area contributed by atoms with Gasteiger partial charge in [-0.25, -0.2) is 12.4 Å². The third-order valence-electron chi connectivity index (χ3n) is 4.90. The summed E-state index contributed by atoms with van der Waals surface area (Å²) in [6.45, 7) is 2.03. The maximum absolute atomic E-state index is 13.1. The lowest BCUT2D eigenvalue weighted by Crippen LogP contribution is -2.29. The van der Waals surface area contributed by atoms with E-state index in [9.17, 15) is 8.42 Å². The predicted octanol–water partition coefficient (Wildman–Crippen LogP) is 2.48. The van der Waals surface area contributed by atoms with E-state index in [4.69, 9.17) is 0 Å². The molecule has 0 aliphatic carbocycles. The van der Waals surface area contributed by atoms with Gasteiger partial charge >= 0.3 is 0 Å². The van der Waals surface area contributed by atoms with Gasteiger partial charge in [0.15, 0.2) is 0 Å². The largest absolute Gasteiger partial charge is 0.306 e. The molecule has 3 aromatic heterocycles. The first-order chi connectivity index (χ1) is 12.1. The Balaban J connectivity index is 1.86. The minimum atomic E-state index is -3.69. The Kier molecular flexibility index (Phi) is 4.05. The molecule has 1 aliphatic rings. The van der Waals surface area contributed by atoms with Crippen molar-refractivity contribution in [3.05, 3.63) is 54.6 Å². The molecule has 0 saturated carbocycles. The van der Waals surface area contributed by atoms with Crippen LogP contribution in [0.3, 0.4) is 0 Å². The van der Waals surface area contributed by atoms with E-state index < -0.39 is 10.0 Å². The Bertz CT molecular complexity index is 990. The summed E-state index contributed by atoms with van der Waals surface area (Å²) in [5.41, 5.74) is 2.43. The standard InChI is InChI=1S/C18H20N4O2S/c1-21-10-6-14(7-11-21)16-13-22(17-5-3-9-20-18(16)17)25(23,24)15-4-2-8-19-12-15/h2-5,8-9,12-14H,6-7,10-11H2,1H3. The molecular weight excluding hydrogens is 336 g/mol. The van der Waals surface area contributed by atoms with Crippen LogP contribution in [0, 0.1) is 0 Å². The summed E-state index contributed by atoms with van der Waals surface area (Å²) in [5, 5.41) is 0. The predicted molar refractivity (Wildman–Crippen MR) is 96.0 cm³/mol. The molecule has 0 atom stereocenters. The average molecular weight is 356 g/mol. The molecule has 1 fully saturated rings. The molecular formula is C18H20N4O2S. The van der Waals surface area contributed by atoms with Crippen molar-refractivity contribution in [2.45, 2.75) is 23.7 Å². The maximum atomic E-state index is 13.1. The molecule has 4 heterocycles. The smallest absolute Gasteiger partial charge is 0.269 e. The topological polar surface area (TPSA) is 68.1 Å². The number of rotatable bonds is 3. The molecule has 0 radical (unpaired) electrons. The van der Waals surface area contributed by atoms with Gasteiger partial charge in [-0.2, -0.15) is 0 Å². The van der Waals surface area contributed by atoms with Gasteiger partial charge < -0.3 is 4.90 Å². The SMILES string of the molecule is CN1CCC(c2cn(S(=O)(=O)c3cccnc3)c3cccnc23)CC1. The van der Waals surface area contributed by atoms with Crippen LogP contribution in [0.2, 0.25) is 0 Å². The van der Waals surface area contributed by atoms with Crippen molar-refractivity contribution < 1.29 is 8.42 Å². The van der Waals surface area contributed by atoms with Crippen LogP contribution in [0.5, 0.6) is 0 Å². The number of piperidine rings is 1. The van der Waals surface area contributed by atoms with Crippen molar-refractivity contribution in [3.8, 4) is 0 Å². The minimum Gasteiger partial charge on any atom is -0.306 e. The Labute approximate surface area is 147 Å². The Hall–Kier alpha value is -2.25. The summed E-state index contributed by atoms with van der Waals surface area (Å²) in [7, 11) is -1.57. The van der Waals surface area contributed by atoms with Crippen LogP contribution in [0.1, 0.15) is 24.3 Å². The van der Waals surface area contributed by atoms with Crippen LogP contribution in [-0.2, 0) is 10.0 Å². The zero-order chi connectivity index (χ0) is 17.4. The number of nitrogens with zero attached hydrogens (tertiary/aromatic N) is 4. The summed E-state index contributed by atoms with van der Waals surface area (Å²) < 4.78 is 27.5. The van der Waals surface area contributed by atoms with E-state index in [0.717, 1.165) is 37.0 Å². The van der Waals surface area contributed by atoms with Crippen molar-refractivity contribution in [1.82, 2.24) is 18.8 Å². The lowest BCUT2D eigenvalue weighted by Gasteiger charge is -2.28. The van der Waals surface area contributed by atoms with Gasteiger partial charge in [-0.15, -0.1) is 0 Å². The van der Waals surface area contributed by atoms with Crippen molar-refractivity contribution >= 4 is 21.1 Å². The van der Waals surface area contributed by atoms with Gasteiger partial charge in [0.05, 0.1) is 11.0 Å². The molecule has 0 spiro atoms. The summed E-state index contributed by atoms with van der Waals surface area (Å²) in [6, 6.07) is 6.79. The van der Waals surface area contributed by atoms with Gasteiger partial charge in [0, 0.05) is 30.4 Å². The Morgan fingerprint density at radius 3 is 2.60 bits per heavy atom. The van der Waals surface area contributed by atoms with E-state index in [1.807, 2.05) is 6.07 Å². The fraction of sp³-hybridized carbons (Fsp3) is 0.333. The van der Waals surface area contributed by atoms with Crippen LogP contribution >= 0.6 is 0 Å². The van der Waals surface area contributed by atoms with Crippen molar-refractivity contribution in [2.24, 2.45) is 0 Å². The van der Waals surface area contributed by atoms with E-state index in [2.05, 4.69) is 21.9 Å². The quantitative estimate of drug-likeness (QED) is 0.721. The molecule has 0 N–H and O–H groups in total. The monoisotopic (exact) mass is 356 g/mol. The first kappa shape index (κ1) is 16.2. The van der Waals surface area contributed by atoms with Crippen molar-refractivity contribution in [1.29, 1.82) is 0 Å². The molecule has 1 saturated heterocycles. The van der Waals surface area contributed by atoms with E-state index in [0.29, 0.717) is 11.4 Å². The molecule has 0 bridgehead atoms. The average Bonchev–Trinajstić information content (AvgIpc) is 3.04. The number of hydrogen-bond donors (Lipinski definition) is 0. The number of pyridine rings is 2. The second-order valence-corrected chi connectivity index (χ2v) is 8.34. The van der Waals surface area contributed by atoms with E-state index in [1.165, 1.54) is 10.2 Å². The fourth-order valence-corrected chi connectivity index (χ4v) is 4.81. The zero-order valence-electron chi connectivity index (χ0n) is 14.0. The summed E-state index contributed by atoms with van der Waals surface area (Å²) in [4.78, 5) is 10.9. The molecule has 7 heteroatoms. The van der Waals surface area contributed by atoms with Gasteiger partial charge in [0.25, 0.3) is 10.0 Å². The molecule has 0 amide bonds. The number of likely N-dealkylation sites (tertiary alicyclic amines) is 1. The van der Waals surface area contributed by atoms with E-state index >= 15 is 0 Å². The molecule has 0 unspecified atom stereocenters. The van der Waals surface area contributed by atoms with Gasteiger partial charge in [-0.3, -0.25) is 9.97 Å². The maximum Gasteiger partial charge on any atom is 0.269 e. The van der Waals surface area contributed by atoms with Gasteiger partial charge in [-0.05, 0) is 63.2 Å². The highest BCUT2D eigenvalue weighted by Gasteiger charge is 2.27. The second-order valence-electron chi connectivity index (χ2n) is 6.52. The number of fused-ring (bicyclic) bond motifs is 1. The number of aromatic nitrogens is 3. The first-order valence-electron chi connectivity index (χ1n) is 8.37. The minimum absolute atomic E-state index is 0.186. The van der Waals surface area contributed by atoms with E-state index in [-0.39, 0.29) is 4.90 Å². The zero-order valence-corrected chi connectivity index (χ0v) is 14.9. The van der Waals surface area contributed by atoms with Gasteiger partial charge in [-0.1, -0.05) is 0 Å². The van der Waals surface area contributed by atoms with Crippen molar-refractivity contribution in [2.75, 3.05) is 20.1 Å². The lowest BCUT2D eigenvalue weighted by atomic mass is 9.91. The first-order valence-corrected chi connectivity index (χ1v) is 9.81. The summed E-state index contributed by atoms with van der Waals surface area (Å²) in [6.07, 6.45) is 8.46. The van der Waals surface area contributed by atoms with E-state index in [1.54, 1.807) is 36.8 Å². The molecule has 0 aromatic carbocycles. The van der Waals surface area contributed by atoms with Gasteiger partial charge in [0.1, 0.15) is 4.90 Å². The molecule has 4 rings (SSSR count). The van der Waals surface area contributed by atoms with Crippen LogP contribution in [0.4, 0.5) is 0 Å². The normalized spacial score (nSPS) is 17.2. The third kappa shape index (κ3) is 2.83. The fourth-order valence-electron chi connectivity index (χ4n) is 3.48. The number of hydrogen-bond acceptors (Lipinski definition) is 5.